The van der Waals surface area contributed by atoms with Crippen molar-refractivity contribution < 1.29 is 19.1 Å². The number of hydrogen-bond donors (Lipinski definition) is 0. The molecule has 0 aromatic heterocycles. The Morgan fingerprint density at radius 1 is 1.29 bits per heavy atom. The molecular weight excluding hydrogens is 222 g/mol. The van der Waals surface area contributed by atoms with Gasteiger partial charge in [0.1, 0.15) is 6.61 Å². The van der Waals surface area contributed by atoms with E-state index in [1.165, 1.54) is 6.08 Å². The molecule has 0 aromatic carbocycles. The Morgan fingerprint density at radius 3 is 2.29 bits per heavy atom. The van der Waals surface area contributed by atoms with Gasteiger partial charge in [0.2, 0.25) is 11.8 Å². The monoisotopic (exact) mass is 237 g/mol. The van der Waals surface area contributed by atoms with Crippen LogP contribution in [0, 0.1) is 11.8 Å². The molecule has 0 radical (unpaired) electrons. The van der Waals surface area contributed by atoms with Crippen molar-refractivity contribution in [1.29, 1.82) is 0 Å². The number of imide groups is 3. The fraction of sp³-hybridized carbons (Fsp3) is 0.583. The number of nitrogens with zero attached hydrogens (tertiary/aromatic N) is 1. The average Bonchev–Trinajstić information content (AvgIpc) is 2.60. The van der Waals surface area contributed by atoms with Crippen LogP contribution < -0.4 is 0 Å². The quantitative estimate of drug-likeness (QED) is 0.539. The van der Waals surface area contributed by atoms with Crippen molar-refractivity contribution in [1.82, 2.24) is 4.90 Å². The Bertz CT molecular complexity index is 353. The Labute approximate surface area is 99.4 Å². The van der Waals surface area contributed by atoms with Gasteiger partial charge in [0.25, 0.3) is 0 Å². The van der Waals surface area contributed by atoms with Crippen LogP contribution in [0.1, 0.15) is 25.7 Å². The van der Waals surface area contributed by atoms with Gasteiger partial charge in [-0.3, -0.25) is 9.59 Å². The Kier molecular flexibility index (Phi) is 3.26. The first-order valence-electron chi connectivity index (χ1n) is 5.82. The smallest absolute Gasteiger partial charge is 0.423 e. The second kappa shape index (κ2) is 4.69. The van der Waals surface area contributed by atoms with Crippen LogP contribution in [0.25, 0.3) is 0 Å². The van der Waals surface area contributed by atoms with Crippen LogP contribution in [0.15, 0.2) is 12.7 Å². The molecule has 2 rings (SSSR count). The normalized spacial score (nSPS) is 27.9. The lowest BCUT2D eigenvalue weighted by molar-refractivity contribution is -0.137. The number of carbonyl (C=O) groups is 3. The van der Waals surface area contributed by atoms with Crippen molar-refractivity contribution in [2.45, 2.75) is 25.7 Å². The molecule has 5 nitrogen and oxygen atoms in total. The molecule has 1 saturated heterocycles. The summed E-state index contributed by atoms with van der Waals surface area (Å²) in [6.07, 6.45) is 3.80. The van der Waals surface area contributed by atoms with Gasteiger partial charge in [-0.2, -0.15) is 4.90 Å². The van der Waals surface area contributed by atoms with E-state index >= 15 is 0 Å². The van der Waals surface area contributed by atoms with Gasteiger partial charge in [-0.25, -0.2) is 4.79 Å². The van der Waals surface area contributed by atoms with Crippen LogP contribution in [0.2, 0.25) is 0 Å². The number of hydrogen-bond acceptors (Lipinski definition) is 4. The van der Waals surface area contributed by atoms with Crippen LogP contribution in [-0.2, 0) is 14.3 Å². The lowest BCUT2D eigenvalue weighted by Gasteiger charge is -2.19. The lowest BCUT2D eigenvalue weighted by atomic mass is 9.81. The number of carbonyl (C=O) groups excluding carboxylic acids is 3. The highest BCUT2D eigenvalue weighted by atomic mass is 16.6. The topological polar surface area (TPSA) is 63.7 Å². The predicted octanol–water partition coefficient (Wildman–Crippen LogP) is 1.48. The minimum atomic E-state index is -0.866. The van der Waals surface area contributed by atoms with E-state index in [2.05, 4.69) is 6.58 Å². The largest absolute Gasteiger partial charge is 0.445 e. The summed E-state index contributed by atoms with van der Waals surface area (Å²) < 4.78 is 4.75. The molecule has 2 aliphatic rings. The summed E-state index contributed by atoms with van der Waals surface area (Å²) >= 11 is 0. The molecule has 2 fully saturated rings. The first kappa shape index (κ1) is 11.8. The van der Waals surface area contributed by atoms with Crippen LogP contribution in [-0.4, -0.2) is 29.4 Å². The third-order valence-electron chi connectivity index (χ3n) is 3.35. The second-order valence-electron chi connectivity index (χ2n) is 4.37. The fourth-order valence-corrected chi connectivity index (χ4v) is 2.54. The summed E-state index contributed by atoms with van der Waals surface area (Å²) in [6, 6.07) is 0. The van der Waals surface area contributed by atoms with Gasteiger partial charge >= 0.3 is 6.09 Å². The van der Waals surface area contributed by atoms with Gasteiger partial charge in [-0.15, -0.1) is 0 Å². The highest BCUT2D eigenvalue weighted by Gasteiger charge is 2.51. The van der Waals surface area contributed by atoms with E-state index in [0.29, 0.717) is 17.7 Å². The molecule has 17 heavy (non-hydrogen) atoms. The van der Waals surface area contributed by atoms with Crippen molar-refractivity contribution in [3.05, 3.63) is 12.7 Å². The molecule has 1 heterocycles. The maximum absolute atomic E-state index is 11.9. The van der Waals surface area contributed by atoms with Gasteiger partial charge in [-0.1, -0.05) is 25.5 Å². The first-order chi connectivity index (χ1) is 8.16. The number of ether oxygens (including phenoxy) is 1. The van der Waals surface area contributed by atoms with Crippen molar-refractivity contribution in [3.8, 4) is 0 Å². The first-order valence-corrected chi connectivity index (χ1v) is 5.82. The molecule has 2 atom stereocenters. The summed E-state index contributed by atoms with van der Waals surface area (Å²) in [4.78, 5) is 36.1. The Hall–Kier alpha value is -1.65. The van der Waals surface area contributed by atoms with E-state index < -0.39 is 17.9 Å². The standard InChI is InChI=1S/C12H15NO4/c1-2-7-17-12(16)13-10(14)8-5-3-4-6-9(8)11(13)15/h2,8-9H,1,3-7H2. The highest BCUT2D eigenvalue weighted by Crippen LogP contribution is 2.38. The van der Waals surface area contributed by atoms with Gasteiger partial charge in [-0.05, 0) is 12.8 Å². The van der Waals surface area contributed by atoms with Crippen molar-refractivity contribution in [3.63, 3.8) is 0 Å². The molecule has 0 aromatic rings. The fourth-order valence-electron chi connectivity index (χ4n) is 2.54. The number of amides is 3. The molecule has 1 aliphatic carbocycles. The third kappa shape index (κ3) is 1.97. The van der Waals surface area contributed by atoms with Crippen molar-refractivity contribution >= 4 is 17.9 Å². The van der Waals surface area contributed by atoms with Crippen LogP contribution in [0.3, 0.4) is 0 Å². The van der Waals surface area contributed by atoms with E-state index in [1.807, 2.05) is 0 Å². The molecule has 1 aliphatic heterocycles. The molecular formula is C12H15NO4. The molecule has 2 unspecified atom stereocenters. The van der Waals surface area contributed by atoms with Gasteiger partial charge in [0.05, 0.1) is 11.8 Å². The van der Waals surface area contributed by atoms with E-state index in [9.17, 15) is 14.4 Å². The van der Waals surface area contributed by atoms with Gasteiger partial charge in [0.15, 0.2) is 0 Å². The summed E-state index contributed by atoms with van der Waals surface area (Å²) in [6.45, 7) is 3.41. The summed E-state index contributed by atoms with van der Waals surface area (Å²) in [5.74, 6) is -1.41. The van der Waals surface area contributed by atoms with E-state index in [1.54, 1.807) is 0 Å². The zero-order valence-electron chi connectivity index (χ0n) is 9.55. The SMILES string of the molecule is C=CCOC(=O)N1C(=O)C2CCCCC2C1=O. The molecule has 3 amide bonds. The van der Waals surface area contributed by atoms with E-state index in [0.717, 1.165) is 12.8 Å². The van der Waals surface area contributed by atoms with Crippen molar-refractivity contribution in [2.75, 3.05) is 6.61 Å². The van der Waals surface area contributed by atoms with Gasteiger partial charge < -0.3 is 4.74 Å². The van der Waals surface area contributed by atoms with E-state index in [-0.39, 0.29) is 18.4 Å². The summed E-state index contributed by atoms with van der Waals surface area (Å²) in [5.41, 5.74) is 0. The maximum Gasteiger partial charge on any atom is 0.423 e. The zero-order valence-corrected chi connectivity index (χ0v) is 9.55. The van der Waals surface area contributed by atoms with Crippen molar-refractivity contribution in [2.24, 2.45) is 11.8 Å². The molecule has 0 spiro atoms. The van der Waals surface area contributed by atoms with Crippen LogP contribution >= 0.6 is 0 Å². The lowest BCUT2D eigenvalue weighted by Crippen LogP contribution is -2.37. The number of rotatable bonds is 2. The highest BCUT2D eigenvalue weighted by molar-refractivity contribution is 6.15. The van der Waals surface area contributed by atoms with Crippen LogP contribution in [0.4, 0.5) is 4.79 Å². The Morgan fingerprint density at radius 2 is 1.82 bits per heavy atom. The average molecular weight is 237 g/mol. The molecule has 0 N–H and O–H groups in total. The third-order valence-corrected chi connectivity index (χ3v) is 3.35. The summed E-state index contributed by atoms with van der Waals surface area (Å²) in [5, 5.41) is 0. The molecule has 1 saturated carbocycles. The number of fused-ring (bicyclic) bond motifs is 1. The predicted molar refractivity (Wildman–Crippen MR) is 58.8 cm³/mol. The summed E-state index contributed by atoms with van der Waals surface area (Å²) in [7, 11) is 0. The Balaban J connectivity index is 2.12. The van der Waals surface area contributed by atoms with Gasteiger partial charge in [0, 0.05) is 0 Å². The zero-order chi connectivity index (χ0) is 12.4. The second-order valence-corrected chi connectivity index (χ2v) is 4.37. The number of likely N-dealkylation sites (tertiary alicyclic amines) is 1. The van der Waals surface area contributed by atoms with E-state index in [4.69, 9.17) is 4.74 Å². The molecule has 92 valence electrons. The molecule has 0 bridgehead atoms. The van der Waals surface area contributed by atoms with Crippen LogP contribution in [0.5, 0.6) is 0 Å². The molecule has 5 heteroatoms. The minimum absolute atomic E-state index is 0.00519. The minimum Gasteiger partial charge on any atom is -0.445 e. The maximum atomic E-state index is 11.9.